The van der Waals surface area contributed by atoms with Gasteiger partial charge in [0.05, 0.1) is 17.3 Å². The molecule has 0 amide bonds. The molecule has 3 aliphatic rings. The summed E-state index contributed by atoms with van der Waals surface area (Å²) in [5, 5.41) is 11.2. The quantitative estimate of drug-likeness (QED) is 0.851. The number of rotatable bonds is 2. The van der Waals surface area contributed by atoms with E-state index < -0.39 is 5.60 Å². The van der Waals surface area contributed by atoms with Crippen molar-refractivity contribution >= 4 is 11.8 Å². The van der Waals surface area contributed by atoms with Crippen molar-refractivity contribution in [1.29, 1.82) is 0 Å². The number of aliphatic hydroxyl groups is 1. The van der Waals surface area contributed by atoms with Crippen LogP contribution in [0, 0.1) is 5.92 Å². The third kappa shape index (κ3) is 3.03. The van der Waals surface area contributed by atoms with Crippen LogP contribution in [-0.4, -0.2) is 47.6 Å². The maximum absolute atomic E-state index is 11.2. The zero-order valence-corrected chi connectivity index (χ0v) is 13.4. The van der Waals surface area contributed by atoms with E-state index >= 15 is 0 Å². The second kappa shape index (κ2) is 6.15. The Morgan fingerprint density at radius 2 is 1.95 bits per heavy atom. The Balaban J connectivity index is 1.69. The molecule has 1 spiro atoms. The van der Waals surface area contributed by atoms with Gasteiger partial charge in [-0.25, -0.2) is 0 Å². The van der Waals surface area contributed by atoms with Gasteiger partial charge in [-0.3, -0.25) is 0 Å². The lowest BCUT2D eigenvalue weighted by Crippen LogP contribution is -2.52. The molecule has 4 heteroatoms. The van der Waals surface area contributed by atoms with Gasteiger partial charge in [0.25, 0.3) is 0 Å². The molecule has 3 atom stereocenters. The van der Waals surface area contributed by atoms with Gasteiger partial charge in [0.2, 0.25) is 0 Å². The molecule has 116 valence electrons. The molecule has 3 rings (SSSR count). The van der Waals surface area contributed by atoms with Gasteiger partial charge in [0.1, 0.15) is 0 Å². The predicted molar refractivity (Wildman–Crippen MR) is 82.2 cm³/mol. The predicted octanol–water partition coefficient (Wildman–Crippen LogP) is 3.00. The SMILES string of the molecule is COC1CCCC(O)(C2CCOC3(CCSCC3)C2)C1. The van der Waals surface area contributed by atoms with Crippen LogP contribution in [0.2, 0.25) is 0 Å². The summed E-state index contributed by atoms with van der Waals surface area (Å²) in [5.41, 5.74) is -0.440. The molecule has 0 bridgehead atoms. The summed E-state index contributed by atoms with van der Waals surface area (Å²) in [6, 6.07) is 0. The van der Waals surface area contributed by atoms with E-state index in [1.54, 1.807) is 7.11 Å². The average molecular weight is 300 g/mol. The van der Waals surface area contributed by atoms with Crippen LogP contribution in [0.3, 0.4) is 0 Å². The van der Waals surface area contributed by atoms with Crippen LogP contribution in [-0.2, 0) is 9.47 Å². The number of hydrogen-bond acceptors (Lipinski definition) is 4. The van der Waals surface area contributed by atoms with Gasteiger partial charge in [-0.2, -0.15) is 11.8 Å². The highest BCUT2D eigenvalue weighted by molar-refractivity contribution is 7.99. The van der Waals surface area contributed by atoms with E-state index in [1.165, 1.54) is 11.5 Å². The first-order chi connectivity index (χ1) is 9.66. The zero-order chi connectivity index (χ0) is 14.1. The molecule has 1 aliphatic carbocycles. The summed E-state index contributed by atoms with van der Waals surface area (Å²) in [7, 11) is 1.78. The molecule has 3 fully saturated rings. The monoisotopic (exact) mass is 300 g/mol. The topological polar surface area (TPSA) is 38.7 Å². The minimum Gasteiger partial charge on any atom is -0.389 e. The standard InChI is InChI=1S/C16H28O3S/c1-18-14-3-2-5-16(17,12-14)13-4-8-19-15(11-13)6-9-20-10-7-15/h13-14,17H,2-12H2,1H3. The highest BCUT2D eigenvalue weighted by atomic mass is 32.2. The summed E-state index contributed by atoms with van der Waals surface area (Å²) in [4.78, 5) is 0. The number of thioether (sulfide) groups is 1. The minimum atomic E-state index is -0.514. The van der Waals surface area contributed by atoms with Crippen molar-refractivity contribution in [1.82, 2.24) is 0 Å². The van der Waals surface area contributed by atoms with Crippen molar-refractivity contribution < 1.29 is 14.6 Å². The number of ether oxygens (including phenoxy) is 2. The van der Waals surface area contributed by atoms with Crippen molar-refractivity contribution in [2.45, 2.75) is 68.7 Å². The van der Waals surface area contributed by atoms with Gasteiger partial charge in [0, 0.05) is 20.1 Å². The third-order valence-electron chi connectivity index (χ3n) is 5.71. The zero-order valence-electron chi connectivity index (χ0n) is 12.6. The lowest BCUT2D eigenvalue weighted by Gasteiger charge is -2.50. The Bertz CT molecular complexity index is 324. The molecule has 3 nitrogen and oxygen atoms in total. The van der Waals surface area contributed by atoms with Crippen LogP contribution in [0.1, 0.15) is 51.4 Å². The van der Waals surface area contributed by atoms with Gasteiger partial charge in [-0.15, -0.1) is 0 Å². The maximum atomic E-state index is 11.2. The van der Waals surface area contributed by atoms with Gasteiger partial charge in [-0.1, -0.05) is 0 Å². The molecule has 2 saturated heterocycles. The molecule has 0 aromatic carbocycles. The molecular weight excluding hydrogens is 272 g/mol. The molecule has 2 heterocycles. The van der Waals surface area contributed by atoms with E-state index in [4.69, 9.17) is 9.47 Å². The fourth-order valence-electron chi connectivity index (χ4n) is 4.38. The van der Waals surface area contributed by atoms with Crippen LogP contribution < -0.4 is 0 Å². The molecule has 3 unspecified atom stereocenters. The van der Waals surface area contributed by atoms with E-state index in [0.717, 1.165) is 58.0 Å². The van der Waals surface area contributed by atoms with Crippen LogP contribution in [0.25, 0.3) is 0 Å². The van der Waals surface area contributed by atoms with Crippen LogP contribution in [0.4, 0.5) is 0 Å². The van der Waals surface area contributed by atoms with Crippen molar-refractivity contribution in [2.24, 2.45) is 5.92 Å². The Labute approximate surface area is 126 Å². The van der Waals surface area contributed by atoms with Crippen molar-refractivity contribution in [2.75, 3.05) is 25.2 Å². The summed E-state index contributed by atoms with van der Waals surface area (Å²) in [5.74, 6) is 2.83. The molecule has 1 saturated carbocycles. The Hall–Kier alpha value is 0.230. The molecule has 0 aromatic heterocycles. The van der Waals surface area contributed by atoms with Crippen LogP contribution in [0.5, 0.6) is 0 Å². The lowest BCUT2D eigenvalue weighted by molar-refractivity contribution is -0.166. The molecule has 1 N–H and O–H groups in total. The summed E-state index contributed by atoms with van der Waals surface area (Å²) >= 11 is 2.04. The van der Waals surface area contributed by atoms with E-state index in [0.29, 0.717) is 5.92 Å². The number of methoxy groups -OCH3 is 1. The lowest BCUT2D eigenvalue weighted by atomic mass is 9.67. The van der Waals surface area contributed by atoms with Crippen LogP contribution in [0.15, 0.2) is 0 Å². The second-order valence-electron chi connectivity index (χ2n) is 6.89. The van der Waals surface area contributed by atoms with Crippen molar-refractivity contribution in [3.63, 3.8) is 0 Å². The second-order valence-corrected chi connectivity index (χ2v) is 8.12. The molecule has 2 aliphatic heterocycles. The Morgan fingerprint density at radius 3 is 2.70 bits per heavy atom. The summed E-state index contributed by atoms with van der Waals surface area (Å²) in [6.45, 7) is 0.829. The van der Waals surface area contributed by atoms with Gasteiger partial charge in [0.15, 0.2) is 0 Å². The summed E-state index contributed by atoms with van der Waals surface area (Å²) in [6.07, 6.45) is 8.60. The fourth-order valence-corrected chi connectivity index (χ4v) is 5.62. The van der Waals surface area contributed by atoms with Crippen LogP contribution >= 0.6 is 11.8 Å². The molecule has 0 radical (unpaired) electrons. The molecular formula is C16H28O3S. The normalized spacial score (nSPS) is 41.7. The van der Waals surface area contributed by atoms with E-state index in [2.05, 4.69) is 0 Å². The molecule has 20 heavy (non-hydrogen) atoms. The minimum absolute atomic E-state index is 0.0733. The highest BCUT2D eigenvalue weighted by Crippen LogP contribution is 2.47. The Kier molecular flexibility index (Phi) is 4.66. The first kappa shape index (κ1) is 15.1. The highest BCUT2D eigenvalue weighted by Gasteiger charge is 2.48. The first-order valence-electron chi connectivity index (χ1n) is 8.13. The van der Waals surface area contributed by atoms with Crippen molar-refractivity contribution in [3.8, 4) is 0 Å². The van der Waals surface area contributed by atoms with E-state index in [1.807, 2.05) is 11.8 Å². The maximum Gasteiger partial charge on any atom is 0.0702 e. The molecule has 0 aromatic rings. The fraction of sp³-hybridized carbons (Fsp3) is 1.00. The van der Waals surface area contributed by atoms with Gasteiger partial charge < -0.3 is 14.6 Å². The van der Waals surface area contributed by atoms with Gasteiger partial charge in [-0.05, 0) is 62.4 Å². The third-order valence-corrected chi connectivity index (χ3v) is 6.69. The average Bonchev–Trinajstić information content (AvgIpc) is 2.48. The van der Waals surface area contributed by atoms with Crippen molar-refractivity contribution in [3.05, 3.63) is 0 Å². The van der Waals surface area contributed by atoms with E-state index in [-0.39, 0.29) is 11.7 Å². The summed E-state index contributed by atoms with van der Waals surface area (Å²) < 4.78 is 11.7. The largest absolute Gasteiger partial charge is 0.389 e. The van der Waals surface area contributed by atoms with Gasteiger partial charge >= 0.3 is 0 Å². The Morgan fingerprint density at radius 1 is 1.15 bits per heavy atom. The number of hydrogen-bond donors (Lipinski definition) is 1. The van der Waals surface area contributed by atoms with E-state index in [9.17, 15) is 5.11 Å². The smallest absolute Gasteiger partial charge is 0.0702 e. The first-order valence-corrected chi connectivity index (χ1v) is 9.28.